The lowest BCUT2D eigenvalue weighted by Crippen LogP contribution is -2.41. The quantitative estimate of drug-likeness (QED) is 0.574. The van der Waals surface area contributed by atoms with Crippen molar-refractivity contribution in [3.05, 3.63) is 30.3 Å². The van der Waals surface area contributed by atoms with Crippen molar-refractivity contribution in [2.45, 2.75) is 13.8 Å². The van der Waals surface area contributed by atoms with Crippen LogP contribution in [0.4, 0.5) is 0 Å². The van der Waals surface area contributed by atoms with Gasteiger partial charge in [0.2, 0.25) is 5.91 Å². The number of carbonyl (C=O) groups excluding carboxylic acids is 1. The van der Waals surface area contributed by atoms with E-state index in [9.17, 15) is 4.79 Å². The van der Waals surface area contributed by atoms with Gasteiger partial charge in [-0.2, -0.15) is 11.1 Å². The highest BCUT2D eigenvalue weighted by atomic mass is 35.6. The van der Waals surface area contributed by atoms with E-state index in [1.165, 1.54) is 5.19 Å². The molecule has 82 valence electrons. The Kier molecular flexibility index (Phi) is 4.85. The van der Waals surface area contributed by atoms with Crippen molar-refractivity contribution >= 4 is 30.3 Å². The summed E-state index contributed by atoms with van der Waals surface area (Å²) in [5.41, 5.74) is 0. The summed E-state index contributed by atoms with van der Waals surface area (Å²) in [6.07, 6.45) is 0.706. The summed E-state index contributed by atoms with van der Waals surface area (Å²) in [6, 6.07) is 10.0. The van der Waals surface area contributed by atoms with Crippen LogP contribution in [0.15, 0.2) is 30.3 Å². The fourth-order valence-electron chi connectivity index (χ4n) is 1.44. The molecule has 0 aliphatic heterocycles. The number of halogens is 1. The first-order valence-corrected chi connectivity index (χ1v) is 8.23. The van der Waals surface area contributed by atoms with E-state index < -0.39 is 8.11 Å². The molecule has 1 aromatic carbocycles. The molecule has 0 aliphatic rings. The number of hydrogen-bond acceptors (Lipinski definition) is 1. The van der Waals surface area contributed by atoms with Gasteiger partial charge in [-0.15, -0.1) is 0 Å². The Morgan fingerprint density at radius 3 is 2.47 bits per heavy atom. The average Bonchev–Trinajstić information content (AvgIpc) is 2.26. The van der Waals surface area contributed by atoms with Crippen LogP contribution in [0, 0.1) is 0 Å². The maximum atomic E-state index is 11.2. The molecule has 1 unspecified atom stereocenters. The molecule has 0 aliphatic carbocycles. The minimum absolute atomic E-state index is 0.103. The summed E-state index contributed by atoms with van der Waals surface area (Å²) in [6.45, 7) is 4.30. The Bertz CT molecular complexity index is 318. The smallest absolute Gasteiger partial charge is 0.219 e. The molecule has 0 N–H and O–H groups in total. The number of benzene rings is 1. The van der Waals surface area contributed by atoms with E-state index >= 15 is 0 Å². The lowest BCUT2D eigenvalue weighted by molar-refractivity contribution is -0.127. The zero-order valence-corrected chi connectivity index (χ0v) is 11.0. The molecule has 0 saturated heterocycles. The van der Waals surface area contributed by atoms with E-state index in [1.807, 2.05) is 37.3 Å². The van der Waals surface area contributed by atoms with Crippen LogP contribution >= 0.6 is 11.1 Å². The van der Waals surface area contributed by atoms with Crippen LogP contribution in [0.2, 0.25) is 0 Å². The summed E-state index contributed by atoms with van der Waals surface area (Å²) in [5, 5.41) is 1.19. The molecule has 1 aromatic rings. The van der Waals surface area contributed by atoms with Gasteiger partial charge in [0.15, 0.2) is 8.11 Å². The molecule has 0 radical (unpaired) electrons. The third-order valence-corrected chi connectivity index (χ3v) is 5.41. The SMILES string of the molecule is CCN(C[SiH](Cl)c1ccccc1)C(C)=O. The Morgan fingerprint density at radius 1 is 1.40 bits per heavy atom. The molecular weight excluding hydrogens is 226 g/mol. The van der Waals surface area contributed by atoms with Gasteiger partial charge < -0.3 is 4.90 Å². The van der Waals surface area contributed by atoms with Crippen molar-refractivity contribution in [1.82, 2.24) is 4.90 Å². The fourth-order valence-corrected chi connectivity index (χ4v) is 4.13. The molecule has 15 heavy (non-hydrogen) atoms. The van der Waals surface area contributed by atoms with Crippen LogP contribution in [-0.4, -0.2) is 31.6 Å². The van der Waals surface area contributed by atoms with Crippen molar-refractivity contribution in [3.63, 3.8) is 0 Å². The molecule has 0 fully saturated rings. The number of hydrogen-bond donors (Lipinski definition) is 0. The lowest BCUT2D eigenvalue weighted by Gasteiger charge is -2.21. The molecule has 1 rings (SSSR count). The summed E-state index contributed by atoms with van der Waals surface area (Å²) in [4.78, 5) is 13.0. The molecule has 0 saturated carbocycles. The third kappa shape index (κ3) is 3.68. The van der Waals surface area contributed by atoms with Gasteiger partial charge in [0.1, 0.15) is 0 Å². The van der Waals surface area contributed by atoms with Gasteiger partial charge in [0.05, 0.1) is 0 Å². The van der Waals surface area contributed by atoms with E-state index in [0.717, 1.165) is 6.54 Å². The zero-order valence-electron chi connectivity index (χ0n) is 9.11. The van der Waals surface area contributed by atoms with Crippen molar-refractivity contribution in [2.24, 2.45) is 0 Å². The average molecular weight is 242 g/mol. The minimum Gasteiger partial charge on any atom is -0.345 e. The van der Waals surface area contributed by atoms with E-state index in [-0.39, 0.29) is 5.91 Å². The summed E-state index contributed by atoms with van der Waals surface area (Å²) in [5.74, 6) is 0.103. The van der Waals surface area contributed by atoms with Gasteiger partial charge in [-0.05, 0) is 12.1 Å². The Morgan fingerprint density at radius 2 is 2.00 bits per heavy atom. The van der Waals surface area contributed by atoms with Crippen molar-refractivity contribution < 1.29 is 4.79 Å². The molecular formula is C11H16ClNOSi. The molecule has 4 heteroatoms. The predicted molar refractivity (Wildman–Crippen MR) is 67.0 cm³/mol. The first kappa shape index (κ1) is 12.3. The molecule has 0 bridgehead atoms. The van der Waals surface area contributed by atoms with Crippen LogP contribution in [0.3, 0.4) is 0 Å². The molecule has 0 spiro atoms. The zero-order chi connectivity index (χ0) is 11.3. The minimum atomic E-state index is -1.51. The van der Waals surface area contributed by atoms with Crippen LogP contribution in [0.1, 0.15) is 13.8 Å². The Labute approximate surface area is 97.2 Å². The number of carbonyl (C=O) groups is 1. The first-order valence-electron chi connectivity index (χ1n) is 5.09. The van der Waals surface area contributed by atoms with Crippen LogP contribution < -0.4 is 5.19 Å². The van der Waals surface area contributed by atoms with Gasteiger partial charge in [0.25, 0.3) is 0 Å². The van der Waals surface area contributed by atoms with Crippen molar-refractivity contribution in [2.75, 3.05) is 12.7 Å². The van der Waals surface area contributed by atoms with Gasteiger partial charge >= 0.3 is 0 Å². The number of amides is 1. The summed E-state index contributed by atoms with van der Waals surface area (Å²) in [7, 11) is -1.51. The second-order valence-electron chi connectivity index (χ2n) is 3.44. The van der Waals surface area contributed by atoms with E-state index in [2.05, 4.69) is 0 Å². The van der Waals surface area contributed by atoms with E-state index in [1.54, 1.807) is 11.8 Å². The van der Waals surface area contributed by atoms with Gasteiger partial charge in [0, 0.05) is 19.6 Å². The summed E-state index contributed by atoms with van der Waals surface area (Å²) < 4.78 is 0. The molecule has 0 heterocycles. The fraction of sp³-hybridized carbons (Fsp3) is 0.364. The van der Waals surface area contributed by atoms with Gasteiger partial charge in [-0.25, -0.2) is 0 Å². The topological polar surface area (TPSA) is 20.3 Å². The van der Waals surface area contributed by atoms with Crippen molar-refractivity contribution in [1.29, 1.82) is 0 Å². The highest BCUT2D eigenvalue weighted by molar-refractivity contribution is 7.14. The first-order chi connectivity index (χ1) is 7.15. The number of nitrogens with zero attached hydrogens (tertiary/aromatic N) is 1. The van der Waals surface area contributed by atoms with E-state index in [4.69, 9.17) is 11.1 Å². The van der Waals surface area contributed by atoms with Crippen LogP contribution in [0.5, 0.6) is 0 Å². The maximum absolute atomic E-state index is 11.2. The molecule has 1 atom stereocenters. The second kappa shape index (κ2) is 5.93. The van der Waals surface area contributed by atoms with Crippen LogP contribution in [0.25, 0.3) is 0 Å². The monoisotopic (exact) mass is 241 g/mol. The Hall–Kier alpha value is -0.803. The molecule has 0 aromatic heterocycles. The van der Waals surface area contributed by atoms with Gasteiger partial charge in [-0.1, -0.05) is 30.3 Å². The van der Waals surface area contributed by atoms with Gasteiger partial charge in [-0.3, -0.25) is 4.79 Å². The van der Waals surface area contributed by atoms with Crippen LogP contribution in [-0.2, 0) is 4.79 Å². The third-order valence-electron chi connectivity index (χ3n) is 2.37. The van der Waals surface area contributed by atoms with E-state index in [0.29, 0.717) is 6.17 Å². The number of rotatable bonds is 4. The largest absolute Gasteiger partial charge is 0.345 e. The normalized spacial score (nSPS) is 12.2. The molecule has 1 amide bonds. The van der Waals surface area contributed by atoms with Crippen molar-refractivity contribution in [3.8, 4) is 0 Å². The second-order valence-corrected chi connectivity index (χ2v) is 6.98. The highest BCUT2D eigenvalue weighted by Gasteiger charge is 2.15. The molecule has 2 nitrogen and oxygen atoms in total. The Balaban J connectivity index is 2.62. The summed E-state index contributed by atoms with van der Waals surface area (Å²) >= 11 is 6.37. The predicted octanol–water partition coefficient (Wildman–Crippen LogP) is 1.26. The standard InChI is InChI=1S/C11H16ClNOSi/c1-3-13(10(2)14)9-15(12)11-7-5-4-6-8-11/h4-8,15H,3,9H2,1-2H3. The lowest BCUT2D eigenvalue weighted by atomic mass is 10.4. The maximum Gasteiger partial charge on any atom is 0.219 e. The highest BCUT2D eigenvalue weighted by Crippen LogP contribution is 1.98.